The van der Waals surface area contributed by atoms with Gasteiger partial charge in [0.15, 0.2) is 10.8 Å². The molecular formula is C11H6ClN5OS2. The fourth-order valence-electron chi connectivity index (χ4n) is 1.58. The third kappa shape index (κ3) is 2.31. The molecule has 0 spiro atoms. The highest BCUT2D eigenvalue weighted by molar-refractivity contribution is 7.98. The number of aromatic nitrogens is 4. The molecule has 0 unspecified atom stereocenters. The molecule has 3 rings (SSSR count). The fourth-order valence-corrected chi connectivity index (χ4v) is 3.52. The Morgan fingerprint density at radius 2 is 2.45 bits per heavy atom. The molecule has 3 aromatic heterocycles. The zero-order valence-electron chi connectivity index (χ0n) is 9.83. The van der Waals surface area contributed by atoms with Gasteiger partial charge in [-0.25, -0.2) is 9.78 Å². The molecule has 0 aliphatic heterocycles. The third-order valence-corrected chi connectivity index (χ3v) is 4.71. The number of halogens is 1. The van der Waals surface area contributed by atoms with Gasteiger partial charge in [0, 0.05) is 5.75 Å². The first-order chi connectivity index (χ1) is 9.69. The summed E-state index contributed by atoms with van der Waals surface area (Å²) in [5.41, 5.74) is 1.09. The Morgan fingerprint density at radius 3 is 3.15 bits per heavy atom. The molecule has 1 N–H and O–H groups in total. The highest BCUT2D eigenvalue weighted by Crippen LogP contribution is 2.28. The van der Waals surface area contributed by atoms with Crippen molar-refractivity contribution in [3.05, 3.63) is 43.6 Å². The lowest BCUT2D eigenvalue weighted by Crippen LogP contribution is -2.19. The molecule has 20 heavy (non-hydrogen) atoms. The molecule has 0 aliphatic rings. The minimum Gasteiger partial charge on any atom is -0.285 e. The zero-order valence-corrected chi connectivity index (χ0v) is 12.2. The molecule has 0 atom stereocenters. The average molecular weight is 324 g/mol. The molecule has 6 nitrogen and oxygen atoms in total. The molecule has 0 amide bonds. The second-order valence-corrected chi connectivity index (χ2v) is 6.24. The fraction of sp³-hybridized carbons (Fsp3) is 0.0909. The van der Waals surface area contributed by atoms with E-state index in [4.69, 9.17) is 16.9 Å². The highest BCUT2D eigenvalue weighted by Gasteiger charge is 2.11. The lowest BCUT2D eigenvalue weighted by molar-refractivity contribution is 0.786. The second-order valence-electron chi connectivity index (χ2n) is 3.76. The summed E-state index contributed by atoms with van der Waals surface area (Å²) in [6.45, 7) is 0. The summed E-state index contributed by atoms with van der Waals surface area (Å²) in [5.74, 6) is 0.595. The van der Waals surface area contributed by atoms with E-state index in [0.29, 0.717) is 10.9 Å². The number of nitrogens with zero attached hydrogens (tertiary/aromatic N) is 4. The van der Waals surface area contributed by atoms with Gasteiger partial charge >= 0.3 is 5.69 Å². The first kappa shape index (κ1) is 13.2. The van der Waals surface area contributed by atoms with Crippen LogP contribution in [0.15, 0.2) is 27.6 Å². The molecule has 0 radical (unpaired) electrons. The van der Waals surface area contributed by atoms with Crippen molar-refractivity contribution in [1.29, 1.82) is 5.26 Å². The van der Waals surface area contributed by atoms with Gasteiger partial charge in [0.1, 0.15) is 11.6 Å². The van der Waals surface area contributed by atoms with Crippen LogP contribution in [0.2, 0.25) is 4.34 Å². The molecule has 3 aromatic rings. The van der Waals surface area contributed by atoms with Crippen molar-refractivity contribution < 1.29 is 0 Å². The Kier molecular flexibility index (Phi) is 3.48. The number of aromatic amines is 1. The number of H-pyrrole nitrogens is 1. The minimum absolute atomic E-state index is 0.259. The van der Waals surface area contributed by atoms with Crippen molar-refractivity contribution in [3.63, 3.8) is 0 Å². The van der Waals surface area contributed by atoms with Crippen molar-refractivity contribution in [2.24, 2.45) is 0 Å². The Labute approximate surface area is 126 Å². The normalized spacial score (nSPS) is 10.8. The molecule has 9 heteroatoms. The number of rotatable bonds is 3. The van der Waals surface area contributed by atoms with Crippen LogP contribution in [0.1, 0.15) is 11.1 Å². The molecule has 3 heterocycles. The number of thiophene rings is 1. The molecule has 0 saturated carbocycles. The number of nitriles is 1. The van der Waals surface area contributed by atoms with Gasteiger partial charge in [-0.1, -0.05) is 23.4 Å². The molecule has 100 valence electrons. The van der Waals surface area contributed by atoms with Crippen LogP contribution in [0.25, 0.3) is 5.65 Å². The molecule has 0 bridgehead atoms. The van der Waals surface area contributed by atoms with Gasteiger partial charge in [-0.2, -0.15) is 14.9 Å². The van der Waals surface area contributed by atoms with Crippen LogP contribution in [0.4, 0.5) is 0 Å². The second kappa shape index (κ2) is 5.28. The molecule has 0 fully saturated rings. The molecule has 0 saturated heterocycles. The van der Waals surface area contributed by atoms with E-state index in [2.05, 4.69) is 15.1 Å². The van der Waals surface area contributed by atoms with Gasteiger partial charge in [0.25, 0.3) is 0 Å². The summed E-state index contributed by atoms with van der Waals surface area (Å²) in [4.78, 5) is 18.7. The van der Waals surface area contributed by atoms with E-state index in [-0.39, 0.29) is 11.2 Å². The van der Waals surface area contributed by atoms with Crippen molar-refractivity contribution in [1.82, 2.24) is 19.6 Å². The van der Waals surface area contributed by atoms with Crippen LogP contribution >= 0.6 is 34.7 Å². The maximum atomic E-state index is 11.8. The summed E-state index contributed by atoms with van der Waals surface area (Å²) in [6.07, 6.45) is 1.32. The molecule has 0 aliphatic carbocycles. The third-order valence-electron chi connectivity index (χ3n) is 2.54. The standard InChI is InChI=1S/C11H6ClN5OS2/c12-8-6(1-2-19-8)5-20-10-15-9-7(3-13)4-14-17(9)11(18)16-10/h1-2,4H,5H2,(H,15,16,18). The molecule has 0 aromatic carbocycles. The van der Waals surface area contributed by atoms with Gasteiger partial charge in [0.2, 0.25) is 0 Å². The number of thioether (sulfide) groups is 1. The van der Waals surface area contributed by atoms with Crippen molar-refractivity contribution >= 4 is 40.3 Å². The van der Waals surface area contributed by atoms with E-state index in [1.54, 1.807) is 0 Å². The summed E-state index contributed by atoms with van der Waals surface area (Å²) in [6, 6.07) is 3.88. The molecular weight excluding hydrogens is 318 g/mol. The SMILES string of the molecule is N#Cc1cnn2c(=O)[nH]c(SCc3ccsc3Cl)nc12. The summed E-state index contributed by atoms with van der Waals surface area (Å²) in [5, 5.41) is 15.1. The van der Waals surface area contributed by atoms with Crippen LogP contribution in [0.5, 0.6) is 0 Å². The first-order valence-corrected chi connectivity index (χ1v) is 7.66. The van der Waals surface area contributed by atoms with Gasteiger partial charge in [-0.3, -0.25) is 4.98 Å². The quantitative estimate of drug-likeness (QED) is 0.747. The van der Waals surface area contributed by atoms with Crippen molar-refractivity contribution in [2.75, 3.05) is 0 Å². The van der Waals surface area contributed by atoms with E-state index in [1.807, 2.05) is 17.5 Å². The van der Waals surface area contributed by atoms with Crippen molar-refractivity contribution in [3.8, 4) is 6.07 Å². The zero-order chi connectivity index (χ0) is 14.1. The van der Waals surface area contributed by atoms with E-state index in [1.165, 1.54) is 29.3 Å². The van der Waals surface area contributed by atoms with Crippen LogP contribution in [-0.2, 0) is 5.75 Å². The maximum Gasteiger partial charge on any atom is 0.350 e. The van der Waals surface area contributed by atoms with Gasteiger partial charge < -0.3 is 0 Å². The number of hydrogen-bond acceptors (Lipinski definition) is 6. The topological polar surface area (TPSA) is 86.8 Å². The van der Waals surface area contributed by atoms with E-state index >= 15 is 0 Å². The van der Waals surface area contributed by atoms with E-state index < -0.39 is 5.69 Å². The average Bonchev–Trinajstić information content (AvgIpc) is 3.02. The summed E-state index contributed by atoms with van der Waals surface area (Å²) >= 11 is 8.82. The van der Waals surface area contributed by atoms with Crippen molar-refractivity contribution in [2.45, 2.75) is 10.9 Å². The van der Waals surface area contributed by atoms with Crippen LogP contribution in [0, 0.1) is 11.3 Å². The maximum absolute atomic E-state index is 11.8. The lowest BCUT2D eigenvalue weighted by atomic mass is 10.4. The number of fused-ring (bicyclic) bond motifs is 1. The van der Waals surface area contributed by atoms with Crippen LogP contribution < -0.4 is 5.69 Å². The predicted octanol–water partition coefficient (Wildman–Crippen LogP) is 2.30. The Morgan fingerprint density at radius 1 is 1.60 bits per heavy atom. The van der Waals surface area contributed by atoms with Gasteiger partial charge in [-0.05, 0) is 17.0 Å². The highest BCUT2D eigenvalue weighted by atomic mass is 35.5. The predicted molar refractivity (Wildman–Crippen MR) is 77.2 cm³/mol. The van der Waals surface area contributed by atoms with Crippen LogP contribution in [0.3, 0.4) is 0 Å². The first-order valence-electron chi connectivity index (χ1n) is 5.42. The van der Waals surface area contributed by atoms with E-state index in [0.717, 1.165) is 14.4 Å². The lowest BCUT2D eigenvalue weighted by Gasteiger charge is -2.00. The smallest absolute Gasteiger partial charge is 0.285 e. The Bertz CT molecular complexity index is 875. The minimum atomic E-state index is -0.421. The number of hydrogen-bond donors (Lipinski definition) is 1. The van der Waals surface area contributed by atoms with Crippen LogP contribution in [-0.4, -0.2) is 19.6 Å². The Balaban J connectivity index is 1.94. The Hall–Kier alpha value is -1.82. The van der Waals surface area contributed by atoms with E-state index in [9.17, 15) is 4.79 Å². The number of nitrogens with one attached hydrogen (secondary N) is 1. The van der Waals surface area contributed by atoms with Gasteiger partial charge in [-0.15, -0.1) is 11.3 Å². The van der Waals surface area contributed by atoms with Gasteiger partial charge in [0.05, 0.1) is 10.5 Å². The summed E-state index contributed by atoms with van der Waals surface area (Å²) in [7, 11) is 0. The largest absolute Gasteiger partial charge is 0.350 e. The monoisotopic (exact) mass is 323 g/mol. The summed E-state index contributed by atoms with van der Waals surface area (Å²) < 4.78 is 1.79.